The average molecular weight is 371 g/mol. The first-order valence-corrected chi connectivity index (χ1v) is 10.4. The SMILES string of the molecule is O=C(CCN1CCC[C@H]1c1cccs1)N1CCN(c2ccccn2)CC1. The van der Waals surface area contributed by atoms with Crippen molar-refractivity contribution < 1.29 is 4.79 Å². The molecule has 4 heterocycles. The maximum atomic E-state index is 12.7. The first-order valence-electron chi connectivity index (χ1n) is 9.52. The van der Waals surface area contributed by atoms with Gasteiger partial charge in [-0.15, -0.1) is 11.3 Å². The summed E-state index contributed by atoms with van der Waals surface area (Å²) in [5.74, 6) is 1.30. The predicted molar refractivity (Wildman–Crippen MR) is 106 cm³/mol. The Balaban J connectivity index is 1.26. The standard InChI is InChI=1S/C20H26N4OS/c25-20(8-11-22-10-3-5-17(22)18-6-4-16-26-18)24-14-12-23(13-15-24)19-7-1-2-9-21-19/h1-2,4,6-7,9,16-17H,3,5,8,10-15H2/t17-/m0/s1. The third-order valence-corrected chi connectivity index (χ3v) is 6.43. The van der Waals surface area contributed by atoms with Crippen molar-refractivity contribution in [3.63, 3.8) is 0 Å². The lowest BCUT2D eigenvalue weighted by atomic mass is 10.2. The quantitative estimate of drug-likeness (QED) is 0.811. The summed E-state index contributed by atoms with van der Waals surface area (Å²) in [5.41, 5.74) is 0. The second-order valence-electron chi connectivity index (χ2n) is 7.02. The van der Waals surface area contributed by atoms with Crippen LogP contribution in [0.15, 0.2) is 41.9 Å². The summed E-state index contributed by atoms with van der Waals surface area (Å²) in [5, 5.41) is 2.15. The van der Waals surface area contributed by atoms with E-state index in [1.807, 2.05) is 40.6 Å². The Morgan fingerprint density at radius 3 is 2.73 bits per heavy atom. The number of aromatic nitrogens is 1. The monoisotopic (exact) mass is 370 g/mol. The Morgan fingerprint density at radius 2 is 2.00 bits per heavy atom. The Hall–Kier alpha value is -1.92. The summed E-state index contributed by atoms with van der Waals surface area (Å²) in [4.78, 5) is 25.3. The van der Waals surface area contributed by atoms with Crippen LogP contribution in [0.1, 0.15) is 30.2 Å². The van der Waals surface area contributed by atoms with E-state index < -0.39 is 0 Å². The highest BCUT2D eigenvalue weighted by Crippen LogP contribution is 2.34. The molecular formula is C20H26N4OS. The fourth-order valence-corrected chi connectivity index (χ4v) is 4.92. The Labute approximate surface area is 159 Å². The number of nitrogens with zero attached hydrogens (tertiary/aromatic N) is 4. The Kier molecular flexibility index (Phi) is 5.51. The van der Waals surface area contributed by atoms with E-state index in [0.717, 1.165) is 45.1 Å². The highest BCUT2D eigenvalue weighted by Gasteiger charge is 2.28. The molecular weight excluding hydrogens is 344 g/mol. The van der Waals surface area contributed by atoms with Gasteiger partial charge >= 0.3 is 0 Å². The molecule has 2 aliphatic heterocycles. The van der Waals surface area contributed by atoms with Gasteiger partial charge in [0, 0.05) is 56.3 Å². The molecule has 4 rings (SSSR count). The molecule has 0 radical (unpaired) electrons. The summed E-state index contributed by atoms with van der Waals surface area (Å²) in [6, 6.07) is 10.9. The zero-order valence-corrected chi connectivity index (χ0v) is 15.9. The average Bonchev–Trinajstić information content (AvgIpc) is 3.38. The number of thiophene rings is 1. The van der Waals surface area contributed by atoms with E-state index in [1.165, 1.54) is 17.7 Å². The minimum atomic E-state index is 0.294. The molecule has 2 aliphatic rings. The van der Waals surface area contributed by atoms with E-state index in [1.54, 1.807) is 0 Å². The molecule has 1 atom stereocenters. The molecule has 6 heteroatoms. The number of hydrogen-bond donors (Lipinski definition) is 0. The van der Waals surface area contributed by atoms with Crippen LogP contribution in [-0.2, 0) is 4.79 Å². The van der Waals surface area contributed by atoms with Crippen molar-refractivity contribution in [1.82, 2.24) is 14.8 Å². The van der Waals surface area contributed by atoms with Gasteiger partial charge in [-0.3, -0.25) is 9.69 Å². The highest BCUT2D eigenvalue weighted by atomic mass is 32.1. The fraction of sp³-hybridized carbons (Fsp3) is 0.500. The second-order valence-corrected chi connectivity index (χ2v) is 7.99. The van der Waals surface area contributed by atoms with Crippen molar-refractivity contribution in [2.45, 2.75) is 25.3 Å². The summed E-state index contributed by atoms with van der Waals surface area (Å²) >= 11 is 1.84. The molecule has 0 aliphatic carbocycles. The number of anilines is 1. The van der Waals surface area contributed by atoms with Crippen molar-refractivity contribution in [2.75, 3.05) is 44.2 Å². The van der Waals surface area contributed by atoms with Gasteiger partial charge in [-0.2, -0.15) is 0 Å². The largest absolute Gasteiger partial charge is 0.353 e. The predicted octanol–water partition coefficient (Wildman–Crippen LogP) is 3.02. The minimum absolute atomic E-state index is 0.294. The molecule has 0 N–H and O–H groups in total. The first kappa shape index (κ1) is 17.5. The highest BCUT2D eigenvalue weighted by molar-refractivity contribution is 7.10. The fourth-order valence-electron chi connectivity index (χ4n) is 4.02. The van der Waals surface area contributed by atoms with Gasteiger partial charge in [0.2, 0.25) is 5.91 Å². The lowest BCUT2D eigenvalue weighted by Crippen LogP contribution is -2.49. The van der Waals surface area contributed by atoms with Gasteiger partial charge in [0.25, 0.3) is 0 Å². The number of likely N-dealkylation sites (tertiary alicyclic amines) is 1. The van der Waals surface area contributed by atoms with E-state index in [2.05, 4.69) is 32.3 Å². The first-order chi connectivity index (χ1) is 12.8. The molecule has 0 aromatic carbocycles. The Bertz CT molecular complexity index is 698. The third kappa shape index (κ3) is 3.91. The van der Waals surface area contributed by atoms with Crippen LogP contribution >= 0.6 is 11.3 Å². The van der Waals surface area contributed by atoms with E-state index in [0.29, 0.717) is 18.4 Å². The number of carbonyl (C=O) groups is 1. The van der Waals surface area contributed by atoms with Crippen molar-refractivity contribution >= 4 is 23.1 Å². The van der Waals surface area contributed by atoms with Crippen molar-refractivity contribution in [2.24, 2.45) is 0 Å². The van der Waals surface area contributed by atoms with E-state index in [-0.39, 0.29) is 0 Å². The third-order valence-electron chi connectivity index (χ3n) is 5.45. The van der Waals surface area contributed by atoms with Gasteiger partial charge in [-0.1, -0.05) is 12.1 Å². The Morgan fingerprint density at radius 1 is 1.12 bits per heavy atom. The molecule has 2 aromatic rings. The lowest BCUT2D eigenvalue weighted by Gasteiger charge is -2.35. The number of piperazine rings is 1. The van der Waals surface area contributed by atoms with Gasteiger partial charge < -0.3 is 9.80 Å². The second kappa shape index (κ2) is 8.18. The lowest BCUT2D eigenvalue weighted by molar-refractivity contribution is -0.131. The minimum Gasteiger partial charge on any atom is -0.353 e. The van der Waals surface area contributed by atoms with Gasteiger partial charge in [-0.05, 0) is 43.0 Å². The van der Waals surface area contributed by atoms with Crippen LogP contribution in [0.4, 0.5) is 5.82 Å². The summed E-state index contributed by atoms with van der Waals surface area (Å²) in [6.45, 7) is 5.31. The van der Waals surface area contributed by atoms with Crippen LogP contribution < -0.4 is 4.90 Å². The van der Waals surface area contributed by atoms with Gasteiger partial charge in [0.15, 0.2) is 0 Å². The summed E-state index contributed by atoms with van der Waals surface area (Å²) < 4.78 is 0. The molecule has 5 nitrogen and oxygen atoms in total. The van der Waals surface area contributed by atoms with Crippen LogP contribution in [0.5, 0.6) is 0 Å². The number of pyridine rings is 1. The van der Waals surface area contributed by atoms with Crippen molar-refractivity contribution in [3.05, 3.63) is 46.8 Å². The molecule has 0 unspecified atom stereocenters. The van der Waals surface area contributed by atoms with Gasteiger partial charge in [-0.25, -0.2) is 4.98 Å². The molecule has 138 valence electrons. The zero-order chi connectivity index (χ0) is 17.8. The van der Waals surface area contributed by atoms with Gasteiger partial charge in [0.1, 0.15) is 5.82 Å². The molecule has 1 amide bonds. The van der Waals surface area contributed by atoms with E-state index >= 15 is 0 Å². The maximum Gasteiger partial charge on any atom is 0.223 e. The molecule has 2 aromatic heterocycles. The number of carbonyl (C=O) groups excluding carboxylic acids is 1. The molecule has 0 bridgehead atoms. The topological polar surface area (TPSA) is 39.7 Å². The number of rotatable bonds is 5. The van der Waals surface area contributed by atoms with Crippen LogP contribution in [0.2, 0.25) is 0 Å². The van der Waals surface area contributed by atoms with Crippen molar-refractivity contribution in [3.8, 4) is 0 Å². The summed E-state index contributed by atoms with van der Waals surface area (Å²) in [6.07, 6.45) is 4.91. The molecule has 0 spiro atoms. The zero-order valence-electron chi connectivity index (χ0n) is 15.1. The van der Waals surface area contributed by atoms with E-state index in [4.69, 9.17) is 0 Å². The van der Waals surface area contributed by atoms with Crippen molar-refractivity contribution in [1.29, 1.82) is 0 Å². The number of hydrogen-bond acceptors (Lipinski definition) is 5. The molecule has 26 heavy (non-hydrogen) atoms. The van der Waals surface area contributed by atoms with Crippen LogP contribution in [0.25, 0.3) is 0 Å². The normalized spacial score (nSPS) is 21.3. The smallest absolute Gasteiger partial charge is 0.223 e. The molecule has 0 saturated carbocycles. The maximum absolute atomic E-state index is 12.7. The van der Waals surface area contributed by atoms with Gasteiger partial charge in [0.05, 0.1) is 0 Å². The number of amides is 1. The van der Waals surface area contributed by atoms with Crippen LogP contribution in [-0.4, -0.2) is 60.0 Å². The van der Waals surface area contributed by atoms with Crippen LogP contribution in [0, 0.1) is 0 Å². The summed E-state index contributed by atoms with van der Waals surface area (Å²) in [7, 11) is 0. The molecule has 2 saturated heterocycles. The van der Waals surface area contributed by atoms with E-state index in [9.17, 15) is 4.79 Å². The van der Waals surface area contributed by atoms with Crippen LogP contribution in [0.3, 0.4) is 0 Å². The molecule has 2 fully saturated rings.